The van der Waals surface area contributed by atoms with Crippen molar-refractivity contribution in [2.45, 2.75) is 12.5 Å². The molecular weight excluding hydrogens is 130 g/mol. The zero-order valence-corrected chi connectivity index (χ0v) is 5.40. The van der Waals surface area contributed by atoms with Crippen molar-refractivity contribution in [1.82, 2.24) is 0 Å². The fraction of sp³-hybridized carbons (Fsp3) is 1.00. The molecule has 0 aromatic carbocycles. The van der Waals surface area contributed by atoms with Crippen molar-refractivity contribution in [3.63, 3.8) is 0 Å². The quantitative estimate of drug-likeness (QED) is 0.478. The van der Waals surface area contributed by atoms with E-state index in [1.165, 1.54) is 0 Å². The summed E-state index contributed by atoms with van der Waals surface area (Å²) in [6.45, 7) is 0.0162. The highest BCUT2D eigenvalue weighted by molar-refractivity contribution is 5.85. The van der Waals surface area contributed by atoms with E-state index in [0.29, 0.717) is 6.42 Å². The number of hydrogen-bond acceptors (Lipinski definition) is 3. The summed E-state index contributed by atoms with van der Waals surface area (Å²) in [5, 5.41) is 16.4. The van der Waals surface area contributed by atoms with E-state index in [1.807, 2.05) is 0 Å². The molecule has 4 heteroatoms. The molecule has 0 unspecified atom stereocenters. The maximum atomic E-state index is 8.23. The number of aliphatic hydroxyl groups is 2. The Morgan fingerprint density at radius 2 is 1.88 bits per heavy atom. The second-order valence-corrected chi connectivity index (χ2v) is 1.45. The van der Waals surface area contributed by atoms with Gasteiger partial charge in [-0.05, 0) is 6.42 Å². The maximum absolute atomic E-state index is 8.23. The number of hydrogen-bond donors (Lipinski definition) is 3. The van der Waals surface area contributed by atoms with Crippen LogP contribution in [0.15, 0.2) is 0 Å². The fourth-order valence-electron chi connectivity index (χ4n) is 0.257. The Bertz CT molecular complexity index is 45.0. The lowest BCUT2D eigenvalue weighted by Crippen LogP contribution is -2.25. The van der Waals surface area contributed by atoms with Crippen molar-refractivity contribution in [1.29, 1.82) is 0 Å². The summed E-state index contributed by atoms with van der Waals surface area (Å²) in [5.74, 6) is 0. The molecule has 1 atom stereocenters. The molecule has 0 aliphatic heterocycles. The zero-order valence-electron chi connectivity index (χ0n) is 4.58. The average Bonchev–Trinajstić information content (AvgIpc) is 1.68. The van der Waals surface area contributed by atoms with Crippen LogP contribution in [0, 0.1) is 0 Å². The molecular formula is C4H12ClNO2. The van der Waals surface area contributed by atoms with Gasteiger partial charge in [0, 0.05) is 12.6 Å². The summed E-state index contributed by atoms with van der Waals surface area (Å²) in [6, 6.07) is -0.245. The Kier molecular flexibility index (Phi) is 9.89. The molecule has 0 bridgehead atoms. The highest BCUT2D eigenvalue weighted by atomic mass is 35.5. The molecule has 0 aliphatic carbocycles. The molecule has 0 aromatic rings. The predicted molar refractivity (Wildman–Crippen MR) is 34.0 cm³/mol. The average molecular weight is 142 g/mol. The summed E-state index contributed by atoms with van der Waals surface area (Å²) in [4.78, 5) is 0. The molecule has 0 heterocycles. The van der Waals surface area contributed by atoms with E-state index in [9.17, 15) is 0 Å². The van der Waals surface area contributed by atoms with Gasteiger partial charge in [0.15, 0.2) is 0 Å². The molecule has 0 spiro atoms. The molecule has 8 heavy (non-hydrogen) atoms. The lowest BCUT2D eigenvalue weighted by Gasteiger charge is -2.01. The summed E-state index contributed by atoms with van der Waals surface area (Å²) >= 11 is 0. The second-order valence-electron chi connectivity index (χ2n) is 1.45. The van der Waals surface area contributed by atoms with Crippen LogP contribution in [0.5, 0.6) is 0 Å². The Morgan fingerprint density at radius 3 is 2.00 bits per heavy atom. The van der Waals surface area contributed by atoms with Gasteiger partial charge in [-0.25, -0.2) is 0 Å². The number of halogens is 1. The van der Waals surface area contributed by atoms with Crippen LogP contribution in [-0.2, 0) is 0 Å². The molecule has 0 aliphatic rings. The highest BCUT2D eigenvalue weighted by Crippen LogP contribution is 1.80. The van der Waals surface area contributed by atoms with E-state index in [4.69, 9.17) is 15.9 Å². The molecule has 0 fully saturated rings. The Morgan fingerprint density at radius 1 is 1.38 bits per heavy atom. The van der Waals surface area contributed by atoms with Crippen LogP contribution in [-0.4, -0.2) is 29.5 Å². The van der Waals surface area contributed by atoms with Crippen molar-refractivity contribution in [2.75, 3.05) is 13.2 Å². The van der Waals surface area contributed by atoms with Gasteiger partial charge in [-0.3, -0.25) is 0 Å². The minimum absolute atomic E-state index is 0. The van der Waals surface area contributed by atoms with E-state index in [2.05, 4.69) is 0 Å². The molecule has 0 rings (SSSR count). The standard InChI is InChI=1S/C4H11NO2.ClH/c5-4(3-7)1-2-6;/h4,6-7H,1-3,5H2;1H/t4-;/m0./s1. The molecule has 0 saturated heterocycles. The zero-order chi connectivity index (χ0) is 5.70. The first-order chi connectivity index (χ1) is 3.31. The van der Waals surface area contributed by atoms with Crippen LogP contribution >= 0.6 is 12.4 Å². The number of rotatable bonds is 3. The number of aliphatic hydroxyl groups excluding tert-OH is 2. The molecule has 0 amide bonds. The van der Waals surface area contributed by atoms with E-state index < -0.39 is 0 Å². The SMILES string of the molecule is Cl.N[C@H](CO)CCO. The van der Waals surface area contributed by atoms with Gasteiger partial charge in [-0.15, -0.1) is 12.4 Å². The van der Waals surface area contributed by atoms with Gasteiger partial charge >= 0.3 is 0 Å². The van der Waals surface area contributed by atoms with Gasteiger partial charge in [-0.2, -0.15) is 0 Å². The topological polar surface area (TPSA) is 66.5 Å². The van der Waals surface area contributed by atoms with Crippen LogP contribution in [0.2, 0.25) is 0 Å². The summed E-state index contributed by atoms with van der Waals surface area (Å²) in [6.07, 6.45) is 0.483. The van der Waals surface area contributed by atoms with Gasteiger partial charge in [0.1, 0.15) is 0 Å². The normalized spacial score (nSPS) is 12.4. The Hall–Kier alpha value is 0.170. The van der Waals surface area contributed by atoms with Crippen LogP contribution in [0.25, 0.3) is 0 Å². The Labute approximate surface area is 54.9 Å². The lowest BCUT2D eigenvalue weighted by molar-refractivity contribution is 0.221. The second kappa shape index (κ2) is 7.17. The van der Waals surface area contributed by atoms with Crippen LogP contribution in [0.1, 0.15) is 6.42 Å². The monoisotopic (exact) mass is 141 g/mol. The molecule has 3 nitrogen and oxygen atoms in total. The van der Waals surface area contributed by atoms with Gasteiger partial charge in [-0.1, -0.05) is 0 Å². The van der Waals surface area contributed by atoms with Crippen molar-refractivity contribution < 1.29 is 10.2 Å². The minimum atomic E-state index is -0.245. The molecule has 52 valence electrons. The minimum Gasteiger partial charge on any atom is -0.396 e. The smallest absolute Gasteiger partial charge is 0.0583 e. The Balaban J connectivity index is 0. The van der Waals surface area contributed by atoms with Gasteiger partial charge in [0.25, 0.3) is 0 Å². The largest absolute Gasteiger partial charge is 0.396 e. The van der Waals surface area contributed by atoms with E-state index in [0.717, 1.165) is 0 Å². The van der Waals surface area contributed by atoms with Gasteiger partial charge in [0.2, 0.25) is 0 Å². The molecule has 0 aromatic heterocycles. The lowest BCUT2D eigenvalue weighted by atomic mass is 10.2. The number of nitrogens with two attached hydrogens (primary N) is 1. The maximum Gasteiger partial charge on any atom is 0.0583 e. The third-order valence-corrected chi connectivity index (χ3v) is 0.734. The molecule has 0 saturated carbocycles. The highest BCUT2D eigenvalue weighted by Gasteiger charge is 1.95. The van der Waals surface area contributed by atoms with E-state index in [-0.39, 0.29) is 31.7 Å². The van der Waals surface area contributed by atoms with Crippen molar-refractivity contribution >= 4 is 12.4 Å². The van der Waals surface area contributed by atoms with Crippen LogP contribution < -0.4 is 5.73 Å². The van der Waals surface area contributed by atoms with Crippen molar-refractivity contribution in [3.05, 3.63) is 0 Å². The summed E-state index contributed by atoms with van der Waals surface area (Å²) < 4.78 is 0. The third kappa shape index (κ3) is 6.17. The van der Waals surface area contributed by atoms with Crippen molar-refractivity contribution in [3.8, 4) is 0 Å². The fourth-order valence-corrected chi connectivity index (χ4v) is 0.257. The first-order valence-corrected chi connectivity index (χ1v) is 2.28. The van der Waals surface area contributed by atoms with Crippen LogP contribution in [0.3, 0.4) is 0 Å². The summed E-state index contributed by atoms with van der Waals surface area (Å²) in [5.41, 5.74) is 5.17. The van der Waals surface area contributed by atoms with Gasteiger partial charge in [0.05, 0.1) is 6.61 Å². The molecule has 4 N–H and O–H groups in total. The van der Waals surface area contributed by atoms with Crippen molar-refractivity contribution in [2.24, 2.45) is 5.73 Å². The third-order valence-electron chi connectivity index (χ3n) is 0.734. The molecule has 0 radical (unpaired) electrons. The predicted octanol–water partition coefficient (Wildman–Crippen LogP) is -0.890. The first kappa shape index (κ1) is 11.0. The first-order valence-electron chi connectivity index (χ1n) is 2.28. The summed E-state index contributed by atoms with van der Waals surface area (Å²) in [7, 11) is 0. The van der Waals surface area contributed by atoms with E-state index in [1.54, 1.807) is 0 Å². The van der Waals surface area contributed by atoms with Gasteiger partial charge < -0.3 is 15.9 Å². The van der Waals surface area contributed by atoms with Crippen LogP contribution in [0.4, 0.5) is 0 Å². The van der Waals surface area contributed by atoms with E-state index >= 15 is 0 Å².